The average molecular weight is 366 g/mol. The van der Waals surface area contributed by atoms with Gasteiger partial charge in [-0.05, 0) is 49.4 Å². The number of carbonyl (C=O) groups excluding carboxylic acids is 2. The zero-order valence-corrected chi connectivity index (χ0v) is 14.7. The molecule has 0 radical (unpaired) electrons. The lowest BCUT2D eigenvalue weighted by Crippen LogP contribution is -2.13. The molecule has 0 unspecified atom stereocenters. The second kappa shape index (κ2) is 8.71. The molecule has 0 aliphatic carbocycles. The van der Waals surface area contributed by atoms with Crippen molar-refractivity contribution in [3.63, 3.8) is 0 Å². The number of ketones is 1. The molecule has 0 bridgehead atoms. The van der Waals surface area contributed by atoms with Crippen LogP contribution in [-0.4, -0.2) is 18.3 Å². The molecule has 0 heterocycles. The van der Waals surface area contributed by atoms with Gasteiger partial charge in [0.15, 0.2) is 5.78 Å². The number of hydrogen-bond donors (Lipinski definition) is 1. The van der Waals surface area contributed by atoms with Gasteiger partial charge in [-0.3, -0.25) is 9.59 Å². The molecule has 2 aromatic carbocycles. The van der Waals surface area contributed by atoms with Crippen molar-refractivity contribution < 1.29 is 14.3 Å². The van der Waals surface area contributed by atoms with Gasteiger partial charge in [-0.2, -0.15) is 0 Å². The van der Waals surface area contributed by atoms with Crippen LogP contribution in [0.4, 0.5) is 5.69 Å². The van der Waals surface area contributed by atoms with Gasteiger partial charge >= 0.3 is 0 Å². The minimum Gasteiger partial charge on any atom is -0.494 e. The van der Waals surface area contributed by atoms with Crippen LogP contribution in [0.5, 0.6) is 5.75 Å². The van der Waals surface area contributed by atoms with Crippen LogP contribution in [0, 0.1) is 0 Å². The van der Waals surface area contributed by atoms with Crippen molar-refractivity contribution in [3.05, 3.63) is 58.1 Å². The molecular weight excluding hydrogens is 349 g/mol. The van der Waals surface area contributed by atoms with Crippen LogP contribution in [0.25, 0.3) is 0 Å². The first-order valence-electron chi connectivity index (χ1n) is 7.50. The van der Waals surface area contributed by atoms with Crippen molar-refractivity contribution in [1.82, 2.24) is 0 Å². The molecule has 1 amide bonds. The first-order valence-corrected chi connectivity index (χ1v) is 8.25. The maximum absolute atomic E-state index is 12.1. The van der Waals surface area contributed by atoms with Gasteiger partial charge in [-0.25, -0.2) is 0 Å². The first-order chi connectivity index (χ1) is 11.5. The van der Waals surface area contributed by atoms with E-state index in [-0.39, 0.29) is 24.5 Å². The van der Waals surface area contributed by atoms with Crippen LogP contribution in [0.2, 0.25) is 10.0 Å². The van der Waals surface area contributed by atoms with Gasteiger partial charge in [0.05, 0.1) is 6.61 Å². The number of benzene rings is 2. The third-order valence-corrected chi connectivity index (χ3v) is 3.65. The number of rotatable bonds is 7. The normalized spacial score (nSPS) is 10.3. The second-order valence-corrected chi connectivity index (χ2v) is 5.96. The van der Waals surface area contributed by atoms with Crippen LogP contribution >= 0.6 is 23.2 Å². The Morgan fingerprint density at radius 3 is 2.21 bits per heavy atom. The monoisotopic (exact) mass is 365 g/mol. The van der Waals surface area contributed by atoms with Crippen LogP contribution in [0.15, 0.2) is 42.5 Å². The molecule has 2 aromatic rings. The standard InChI is InChI=1S/C18H17Cl2NO3/c1-2-24-16-5-3-12(4-6-16)17(22)7-8-18(23)21-15-10-13(19)9-14(20)11-15/h3-6,9-11H,2,7-8H2,1H3,(H,21,23). The summed E-state index contributed by atoms with van der Waals surface area (Å²) < 4.78 is 5.33. The molecule has 4 nitrogen and oxygen atoms in total. The highest BCUT2D eigenvalue weighted by atomic mass is 35.5. The Kier molecular flexibility index (Phi) is 6.64. The lowest BCUT2D eigenvalue weighted by atomic mass is 10.1. The number of Topliss-reactive ketones (excluding diaryl/α,β-unsaturated/α-hetero) is 1. The summed E-state index contributed by atoms with van der Waals surface area (Å²) >= 11 is 11.8. The van der Waals surface area contributed by atoms with E-state index in [2.05, 4.69) is 5.32 Å². The molecule has 2 rings (SSSR count). The number of hydrogen-bond acceptors (Lipinski definition) is 3. The quantitative estimate of drug-likeness (QED) is 0.702. The maximum atomic E-state index is 12.1. The number of anilines is 1. The summed E-state index contributed by atoms with van der Waals surface area (Å²) in [6.07, 6.45) is 0.199. The summed E-state index contributed by atoms with van der Waals surface area (Å²) in [5.74, 6) is 0.342. The van der Waals surface area contributed by atoms with Gasteiger partial charge in [0, 0.05) is 34.1 Å². The number of halogens is 2. The number of carbonyl (C=O) groups is 2. The summed E-state index contributed by atoms with van der Waals surface area (Å²) in [4.78, 5) is 24.1. The summed E-state index contributed by atoms with van der Waals surface area (Å²) in [5, 5.41) is 3.54. The van der Waals surface area contributed by atoms with Gasteiger partial charge in [0.25, 0.3) is 0 Å². The molecule has 0 fully saturated rings. The molecular formula is C18H17Cl2NO3. The van der Waals surface area contributed by atoms with Gasteiger partial charge in [-0.1, -0.05) is 23.2 Å². The van der Waals surface area contributed by atoms with Crippen molar-refractivity contribution >= 4 is 40.6 Å². The fourth-order valence-electron chi connectivity index (χ4n) is 2.12. The highest BCUT2D eigenvalue weighted by Crippen LogP contribution is 2.22. The minimum atomic E-state index is -0.271. The lowest BCUT2D eigenvalue weighted by molar-refractivity contribution is -0.116. The fourth-order valence-corrected chi connectivity index (χ4v) is 2.65. The molecule has 1 N–H and O–H groups in total. The molecule has 0 aromatic heterocycles. The highest BCUT2D eigenvalue weighted by molar-refractivity contribution is 6.35. The Morgan fingerprint density at radius 2 is 1.62 bits per heavy atom. The summed E-state index contributed by atoms with van der Waals surface area (Å²) in [7, 11) is 0. The molecule has 126 valence electrons. The van der Waals surface area contributed by atoms with Crippen LogP contribution in [0.3, 0.4) is 0 Å². The lowest BCUT2D eigenvalue weighted by Gasteiger charge is -2.07. The average Bonchev–Trinajstić information content (AvgIpc) is 2.52. The van der Waals surface area contributed by atoms with E-state index in [0.29, 0.717) is 33.7 Å². The molecule has 0 spiro atoms. The Hall–Kier alpha value is -2.04. The van der Waals surface area contributed by atoms with Crippen molar-refractivity contribution in [1.29, 1.82) is 0 Å². The van der Waals surface area contributed by atoms with Crippen LogP contribution in [0.1, 0.15) is 30.1 Å². The summed E-state index contributed by atoms with van der Waals surface area (Å²) in [6.45, 7) is 2.46. The molecule has 0 saturated carbocycles. The van der Waals surface area contributed by atoms with E-state index in [1.165, 1.54) is 0 Å². The summed E-state index contributed by atoms with van der Waals surface area (Å²) in [6, 6.07) is 11.6. The molecule has 0 aliphatic heterocycles. The fraction of sp³-hybridized carbons (Fsp3) is 0.222. The molecule has 6 heteroatoms. The Labute approximate surface area is 150 Å². The Morgan fingerprint density at radius 1 is 1.00 bits per heavy atom. The van der Waals surface area contributed by atoms with E-state index in [0.717, 1.165) is 0 Å². The SMILES string of the molecule is CCOc1ccc(C(=O)CCC(=O)Nc2cc(Cl)cc(Cl)c2)cc1. The van der Waals surface area contributed by atoms with Crippen LogP contribution in [-0.2, 0) is 4.79 Å². The van der Waals surface area contributed by atoms with Crippen molar-refractivity contribution in [2.75, 3.05) is 11.9 Å². The Balaban J connectivity index is 1.87. The van der Waals surface area contributed by atoms with Gasteiger partial charge < -0.3 is 10.1 Å². The van der Waals surface area contributed by atoms with Crippen molar-refractivity contribution in [2.45, 2.75) is 19.8 Å². The maximum Gasteiger partial charge on any atom is 0.224 e. The molecule has 0 saturated heterocycles. The molecule has 24 heavy (non-hydrogen) atoms. The van der Waals surface area contributed by atoms with E-state index in [1.54, 1.807) is 42.5 Å². The summed E-state index contributed by atoms with van der Waals surface area (Å²) in [5.41, 5.74) is 1.06. The van der Waals surface area contributed by atoms with E-state index >= 15 is 0 Å². The zero-order chi connectivity index (χ0) is 17.5. The number of amides is 1. The predicted octanol–water partition coefficient (Wildman–Crippen LogP) is 4.99. The third-order valence-electron chi connectivity index (χ3n) is 3.21. The molecule has 0 aliphatic rings. The van der Waals surface area contributed by atoms with E-state index < -0.39 is 0 Å². The third kappa shape index (κ3) is 5.55. The van der Waals surface area contributed by atoms with E-state index in [1.807, 2.05) is 6.92 Å². The molecule has 0 atom stereocenters. The number of nitrogens with one attached hydrogen (secondary N) is 1. The smallest absolute Gasteiger partial charge is 0.224 e. The van der Waals surface area contributed by atoms with Crippen LogP contribution < -0.4 is 10.1 Å². The van der Waals surface area contributed by atoms with Crippen molar-refractivity contribution in [3.8, 4) is 5.75 Å². The highest BCUT2D eigenvalue weighted by Gasteiger charge is 2.10. The first kappa shape index (κ1) is 18.3. The minimum absolute atomic E-state index is 0.0795. The predicted molar refractivity (Wildman–Crippen MR) is 96.3 cm³/mol. The largest absolute Gasteiger partial charge is 0.494 e. The van der Waals surface area contributed by atoms with Gasteiger partial charge in [0.2, 0.25) is 5.91 Å². The second-order valence-electron chi connectivity index (χ2n) is 5.09. The van der Waals surface area contributed by atoms with Crippen molar-refractivity contribution in [2.24, 2.45) is 0 Å². The van der Waals surface area contributed by atoms with E-state index in [9.17, 15) is 9.59 Å². The number of ether oxygens (including phenoxy) is 1. The Bertz CT molecular complexity index is 709. The van der Waals surface area contributed by atoms with Gasteiger partial charge in [0.1, 0.15) is 5.75 Å². The van der Waals surface area contributed by atoms with E-state index in [4.69, 9.17) is 27.9 Å². The topological polar surface area (TPSA) is 55.4 Å². The van der Waals surface area contributed by atoms with Gasteiger partial charge in [-0.15, -0.1) is 0 Å². The zero-order valence-electron chi connectivity index (χ0n) is 13.1.